The van der Waals surface area contributed by atoms with Gasteiger partial charge in [0.1, 0.15) is 6.42 Å². The number of carbonyl (C=O) groups is 1. The quantitative estimate of drug-likeness (QED) is 0.610. The minimum absolute atomic E-state index is 0.0211. The Morgan fingerprint density at radius 1 is 1.82 bits per heavy atom. The lowest BCUT2D eigenvalue weighted by Crippen LogP contribution is -2.30. The average Bonchev–Trinajstić information content (AvgIpc) is 1.87. The molecule has 0 bridgehead atoms. The van der Waals surface area contributed by atoms with Crippen molar-refractivity contribution in [3.63, 3.8) is 0 Å². The van der Waals surface area contributed by atoms with Gasteiger partial charge in [0.25, 0.3) is 5.17 Å². The number of hydrogen-bond acceptors (Lipinski definition) is 4. The Hall–Kier alpha value is -1.15. The van der Waals surface area contributed by atoms with E-state index < -0.39 is 5.91 Å². The van der Waals surface area contributed by atoms with Gasteiger partial charge in [0.15, 0.2) is 0 Å². The number of nitrogens with zero attached hydrogens (tertiary/aromatic N) is 1. The predicted molar refractivity (Wildman–Crippen MR) is 42.6 cm³/mol. The molecule has 0 unspecified atom stereocenters. The minimum Gasteiger partial charge on any atom is -0.471 e. The van der Waals surface area contributed by atoms with Gasteiger partial charge in [0, 0.05) is 0 Å². The standard InChI is InChI=1S/C6H8N2O2S/c1-2-10-6(11)8-5(9)3-4-7/h2-3H2,1H3,(H,8,9,11). The number of thiocarbonyl (C=S) groups is 1. The molecule has 4 nitrogen and oxygen atoms in total. The van der Waals surface area contributed by atoms with Crippen LogP contribution in [-0.2, 0) is 9.53 Å². The van der Waals surface area contributed by atoms with Gasteiger partial charge < -0.3 is 4.74 Å². The summed E-state index contributed by atoms with van der Waals surface area (Å²) in [6.07, 6.45) is -0.201. The number of amides is 1. The molecule has 0 aromatic heterocycles. The molecule has 0 spiro atoms. The summed E-state index contributed by atoms with van der Waals surface area (Å²) in [5, 5.41) is 10.3. The van der Waals surface area contributed by atoms with E-state index in [1.807, 2.05) is 0 Å². The van der Waals surface area contributed by atoms with Crippen molar-refractivity contribution in [3.8, 4) is 6.07 Å². The largest absolute Gasteiger partial charge is 0.471 e. The summed E-state index contributed by atoms with van der Waals surface area (Å²) < 4.78 is 4.75. The maximum atomic E-state index is 10.6. The van der Waals surface area contributed by atoms with Crippen LogP contribution in [0.1, 0.15) is 13.3 Å². The van der Waals surface area contributed by atoms with Crippen molar-refractivity contribution in [2.45, 2.75) is 13.3 Å². The zero-order chi connectivity index (χ0) is 8.69. The molecule has 0 heterocycles. The smallest absolute Gasteiger partial charge is 0.263 e. The highest BCUT2D eigenvalue weighted by atomic mass is 32.1. The van der Waals surface area contributed by atoms with Crippen molar-refractivity contribution in [3.05, 3.63) is 0 Å². The Bertz CT molecular complexity index is 197. The maximum absolute atomic E-state index is 10.6. The van der Waals surface area contributed by atoms with E-state index >= 15 is 0 Å². The zero-order valence-corrected chi connectivity index (χ0v) is 6.90. The fourth-order valence-corrected chi connectivity index (χ4v) is 0.629. The molecule has 60 valence electrons. The second-order valence-electron chi connectivity index (χ2n) is 1.60. The third kappa shape index (κ3) is 5.30. The summed E-state index contributed by atoms with van der Waals surface area (Å²) >= 11 is 4.58. The molecule has 0 radical (unpaired) electrons. The fourth-order valence-electron chi connectivity index (χ4n) is 0.397. The molecule has 0 fully saturated rings. The third-order valence-corrected chi connectivity index (χ3v) is 0.976. The highest BCUT2D eigenvalue weighted by molar-refractivity contribution is 7.80. The Labute approximate surface area is 70.1 Å². The monoisotopic (exact) mass is 172 g/mol. The van der Waals surface area contributed by atoms with Gasteiger partial charge in [-0.15, -0.1) is 0 Å². The van der Waals surface area contributed by atoms with Crippen LogP contribution in [-0.4, -0.2) is 17.7 Å². The molecule has 0 saturated carbocycles. The van der Waals surface area contributed by atoms with E-state index in [4.69, 9.17) is 10.00 Å². The summed E-state index contributed by atoms with van der Waals surface area (Å²) in [6, 6.07) is 1.69. The summed E-state index contributed by atoms with van der Waals surface area (Å²) in [7, 11) is 0. The Balaban J connectivity index is 3.60. The van der Waals surface area contributed by atoms with Gasteiger partial charge in [-0.25, -0.2) is 0 Å². The minimum atomic E-state index is -0.439. The van der Waals surface area contributed by atoms with Crippen molar-refractivity contribution >= 4 is 23.3 Å². The first kappa shape index (κ1) is 9.85. The molecule has 0 aromatic carbocycles. The van der Waals surface area contributed by atoms with Gasteiger partial charge in [-0.05, 0) is 19.1 Å². The Morgan fingerprint density at radius 3 is 2.91 bits per heavy atom. The van der Waals surface area contributed by atoms with Crippen LogP contribution in [0.15, 0.2) is 0 Å². The third-order valence-electron chi connectivity index (χ3n) is 0.757. The first-order valence-electron chi connectivity index (χ1n) is 3.04. The molecule has 0 saturated heterocycles. The number of carbonyl (C=O) groups excluding carboxylic acids is 1. The lowest BCUT2D eigenvalue weighted by Gasteiger charge is -2.03. The van der Waals surface area contributed by atoms with Crippen molar-refractivity contribution in [2.24, 2.45) is 0 Å². The van der Waals surface area contributed by atoms with Gasteiger partial charge >= 0.3 is 0 Å². The average molecular weight is 172 g/mol. The number of hydrogen-bond donors (Lipinski definition) is 1. The van der Waals surface area contributed by atoms with Gasteiger partial charge in [0.05, 0.1) is 12.7 Å². The molecule has 0 aliphatic rings. The van der Waals surface area contributed by atoms with Gasteiger partial charge in [-0.1, -0.05) is 0 Å². The first-order chi connectivity index (χ1) is 5.20. The van der Waals surface area contributed by atoms with Crippen molar-refractivity contribution < 1.29 is 9.53 Å². The predicted octanol–water partition coefficient (Wildman–Crippen LogP) is 0.338. The van der Waals surface area contributed by atoms with Crippen LogP contribution in [0, 0.1) is 11.3 Å². The highest BCUT2D eigenvalue weighted by Crippen LogP contribution is 1.80. The van der Waals surface area contributed by atoms with E-state index in [0.29, 0.717) is 6.61 Å². The fraction of sp³-hybridized carbons (Fsp3) is 0.500. The second-order valence-corrected chi connectivity index (χ2v) is 1.97. The Kier molecular flexibility index (Phi) is 5.03. The lowest BCUT2D eigenvalue weighted by atomic mass is 10.4. The molecule has 5 heteroatoms. The molecule has 11 heavy (non-hydrogen) atoms. The van der Waals surface area contributed by atoms with E-state index in [9.17, 15) is 4.79 Å². The molecular weight excluding hydrogens is 164 g/mol. The number of nitriles is 1. The molecule has 1 N–H and O–H groups in total. The van der Waals surface area contributed by atoms with E-state index in [-0.39, 0.29) is 11.6 Å². The number of ether oxygens (including phenoxy) is 1. The van der Waals surface area contributed by atoms with E-state index in [1.54, 1.807) is 13.0 Å². The summed E-state index contributed by atoms with van der Waals surface area (Å²) in [5.41, 5.74) is 0. The van der Waals surface area contributed by atoms with Crippen LogP contribution in [0.4, 0.5) is 0 Å². The summed E-state index contributed by atoms with van der Waals surface area (Å²) in [4.78, 5) is 10.6. The molecule has 0 aromatic rings. The Morgan fingerprint density at radius 2 is 2.45 bits per heavy atom. The molecule has 0 aliphatic carbocycles. The summed E-state index contributed by atoms with van der Waals surface area (Å²) in [5.74, 6) is -0.439. The van der Waals surface area contributed by atoms with Crippen molar-refractivity contribution in [2.75, 3.05) is 6.61 Å². The van der Waals surface area contributed by atoms with Crippen LogP contribution < -0.4 is 5.32 Å². The molecule has 0 rings (SSSR count). The second kappa shape index (κ2) is 5.62. The van der Waals surface area contributed by atoms with E-state index in [0.717, 1.165) is 0 Å². The molecule has 0 atom stereocenters. The molecular formula is C6H8N2O2S. The SMILES string of the molecule is CCOC(=S)NC(=O)CC#N. The van der Waals surface area contributed by atoms with Crippen LogP contribution >= 0.6 is 12.2 Å². The van der Waals surface area contributed by atoms with Crippen LogP contribution in [0.5, 0.6) is 0 Å². The first-order valence-corrected chi connectivity index (χ1v) is 3.45. The van der Waals surface area contributed by atoms with Crippen LogP contribution in [0.2, 0.25) is 0 Å². The lowest BCUT2D eigenvalue weighted by molar-refractivity contribution is -0.118. The maximum Gasteiger partial charge on any atom is 0.263 e. The molecule has 1 amide bonds. The van der Waals surface area contributed by atoms with E-state index in [2.05, 4.69) is 17.5 Å². The van der Waals surface area contributed by atoms with E-state index in [1.165, 1.54) is 0 Å². The zero-order valence-electron chi connectivity index (χ0n) is 6.09. The van der Waals surface area contributed by atoms with Crippen LogP contribution in [0.3, 0.4) is 0 Å². The topological polar surface area (TPSA) is 62.1 Å². The van der Waals surface area contributed by atoms with Gasteiger partial charge in [-0.2, -0.15) is 5.26 Å². The number of rotatable bonds is 2. The summed E-state index contributed by atoms with van der Waals surface area (Å²) in [6.45, 7) is 2.16. The number of nitrogens with one attached hydrogen (secondary N) is 1. The molecule has 0 aliphatic heterocycles. The van der Waals surface area contributed by atoms with Gasteiger partial charge in [-0.3, -0.25) is 10.1 Å². The highest BCUT2D eigenvalue weighted by Gasteiger charge is 2.02. The normalized spacial score (nSPS) is 8.00. The van der Waals surface area contributed by atoms with Crippen LogP contribution in [0.25, 0.3) is 0 Å². The van der Waals surface area contributed by atoms with Crippen molar-refractivity contribution in [1.82, 2.24) is 5.32 Å². The van der Waals surface area contributed by atoms with Gasteiger partial charge in [0.2, 0.25) is 5.91 Å². The van der Waals surface area contributed by atoms with Crippen molar-refractivity contribution in [1.29, 1.82) is 5.26 Å².